The van der Waals surface area contributed by atoms with Crippen LogP contribution in [0.1, 0.15) is 46.1 Å². The Morgan fingerprint density at radius 3 is 2.39 bits per heavy atom. The molecule has 0 saturated heterocycles. The molecule has 1 saturated carbocycles. The van der Waals surface area contributed by atoms with Crippen LogP contribution in [0, 0.1) is 17.3 Å². The zero-order valence-corrected chi connectivity index (χ0v) is 16.7. The molecule has 1 fully saturated rings. The SMILES string of the molecule is CC(C)(C)c1cc(CCNC(=O)[C@@H]2[C@H](C(=O)[O-])C2(C)C)no1.[Na+]. The first-order valence-electron chi connectivity index (χ1n) is 7.50. The Hall–Kier alpha value is -0.850. The van der Waals surface area contributed by atoms with Gasteiger partial charge in [-0.15, -0.1) is 0 Å². The molecule has 23 heavy (non-hydrogen) atoms. The maximum Gasteiger partial charge on any atom is 1.00 e. The van der Waals surface area contributed by atoms with Gasteiger partial charge >= 0.3 is 29.6 Å². The number of aromatic nitrogens is 1. The summed E-state index contributed by atoms with van der Waals surface area (Å²) in [6.07, 6.45) is 0.550. The van der Waals surface area contributed by atoms with Crippen LogP contribution in [-0.2, 0) is 21.4 Å². The van der Waals surface area contributed by atoms with E-state index in [1.165, 1.54) is 0 Å². The molecule has 1 aliphatic rings. The van der Waals surface area contributed by atoms with Crippen LogP contribution in [0.5, 0.6) is 0 Å². The van der Waals surface area contributed by atoms with Crippen LogP contribution < -0.4 is 40.0 Å². The first kappa shape index (κ1) is 20.2. The molecule has 1 aliphatic carbocycles. The van der Waals surface area contributed by atoms with Crippen molar-refractivity contribution in [1.82, 2.24) is 10.5 Å². The predicted molar refractivity (Wildman–Crippen MR) is 77.7 cm³/mol. The van der Waals surface area contributed by atoms with Crippen molar-refractivity contribution >= 4 is 11.9 Å². The number of hydrogen-bond donors (Lipinski definition) is 1. The van der Waals surface area contributed by atoms with Gasteiger partial charge in [-0.1, -0.05) is 39.8 Å². The molecule has 0 aromatic carbocycles. The number of carbonyl (C=O) groups is 2. The molecule has 1 N–H and O–H groups in total. The summed E-state index contributed by atoms with van der Waals surface area (Å²) in [5, 5.41) is 17.7. The second-order valence-corrected chi connectivity index (χ2v) is 7.57. The molecule has 0 unspecified atom stereocenters. The molecule has 122 valence electrons. The summed E-state index contributed by atoms with van der Waals surface area (Å²) in [4.78, 5) is 23.0. The number of nitrogens with one attached hydrogen (secondary N) is 1. The third kappa shape index (κ3) is 4.37. The Balaban J connectivity index is 0.00000264. The van der Waals surface area contributed by atoms with E-state index in [1.807, 2.05) is 26.8 Å². The van der Waals surface area contributed by atoms with Gasteiger partial charge < -0.3 is 19.7 Å². The molecular formula is C16H23N2NaO4. The Morgan fingerprint density at radius 2 is 1.96 bits per heavy atom. The van der Waals surface area contributed by atoms with Gasteiger partial charge in [0.1, 0.15) is 5.76 Å². The van der Waals surface area contributed by atoms with E-state index in [9.17, 15) is 14.7 Å². The standard InChI is InChI=1S/C16H24N2O4.Na/c1-15(2,3)10-8-9(18-22-10)6-7-17-13(19)11-12(14(20)21)16(11,4)5;/h8,11-12H,6-7H2,1-5H3,(H,17,19)(H,20,21);/q;+1/p-1/t11-,12+;/m0./s1. The molecule has 1 aromatic rings. The van der Waals surface area contributed by atoms with Crippen molar-refractivity contribution in [3.63, 3.8) is 0 Å². The molecule has 0 aliphatic heterocycles. The van der Waals surface area contributed by atoms with Gasteiger partial charge in [-0.05, 0) is 5.41 Å². The summed E-state index contributed by atoms with van der Waals surface area (Å²) in [6, 6.07) is 1.89. The van der Waals surface area contributed by atoms with Crippen molar-refractivity contribution < 1.29 is 48.8 Å². The molecule has 0 spiro atoms. The average Bonchev–Trinajstić information content (AvgIpc) is 2.73. The van der Waals surface area contributed by atoms with Gasteiger partial charge in [0.15, 0.2) is 0 Å². The van der Waals surface area contributed by atoms with E-state index in [1.54, 1.807) is 13.8 Å². The minimum absolute atomic E-state index is 0. The molecule has 0 bridgehead atoms. The Labute approximate surface area is 158 Å². The topological polar surface area (TPSA) is 95.3 Å². The third-order valence-electron chi connectivity index (χ3n) is 4.34. The fourth-order valence-electron chi connectivity index (χ4n) is 2.77. The van der Waals surface area contributed by atoms with Crippen LogP contribution >= 0.6 is 0 Å². The van der Waals surface area contributed by atoms with E-state index in [2.05, 4.69) is 10.5 Å². The summed E-state index contributed by atoms with van der Waals surface area (Å²) in [7, 11) is 0. The van der Waals surface area contributed by atoms with Gasteiger partial charge in [0, 0.05) is 36.3 Å². The van der Waals surface area contributed by atoms with E-state index in [4.69, 9.17) is 4.52 Å². The molecule has 2 rings (SSSR count). The number of aliphatic carboxylic acids is 1. The van der Waals surface area contributed by atoms with Gasteiger partial charge in [-0.2, -0.15) is 0 Å². The van der Waals surface area contributed by atoms with E-state index >= 15 is 0 Å². The number of carboxylic acid groups (broad SMARTS) is 1. The van der Waals surface area contributed by atoms with Gasteiger partial charge in [0.25, 0.3) is 0 Å². The number of nitrogens with zero attached hydrogens (tertiary/aromatic N) is 1. The van der Waals surface area contributed by atoms with Crippen molar-refractivity contribution in [2.75, 3.05) is 6.54 Å². The van der Waals surface area contributed by atoms with Crippen molar-refractivity contribution in [3.8, 4) is 0 Å². The van der Waals surface area contributed by atoms with E-state index < -0.39 is 23.2 Å². The van der Waals surface area contributed by atoms with Crippen molar-refractivity contribution in [3.05, 3.63) is 17.5 Å². The van der Waals surface area contributed by atoms with Crippen LogP contribution in [0.4, 0.5) is 0 Å². The number of carbonyl (C=O) groups excluding carboxylic acids is 2. The molecule has 6 nitrogen and oxygen atoms in total. The second-order valence-electron chi connectivity index (χ2n) is 7.57. The Bertz CT molecular complexity index is 589. The maximum atomic E-state index is 12.0. The molecule has 2 atom stereocenters. The zero-order valence-electron chi connectivity index (χ0n) is 14.7. The summed E-state index contributed by atoms with van der Waals surface area (Å²) in [5.41, 5.74) is 0.140. The normalized spacial score (nSPS) is 22.1. The van der Waals surface area contributed by atoms with E-state index in [0.29, 0.717) is 13.0 Å². The van der Waals surface area contributed by atoms with Gasteiger partial charge in [0.05, 0.1) is 11.6 Å². The molecule has 1 heterocycles. The van der Waals surface area contributed by atoms with Crippen LogP contribution in [-0.4, -0.2) is 23.6 Å². The third-order valence-corrected chi connectivity index (χ3v) is 4.34. The summed E-state index contributed by atoms with van der Waals surface area (Å²) in [6.45, 7) is 10.0. The minimum atomic E-state index is -1.16. The van der Waals surface area contributed by atoms with Crippen molar-refractivity contribution in [2.24, 2.45) is 17.3 Å². The van der Waals surface area contributed by atoms with Crippen LogP contribution in [0.3, 0.4) is 0 Å². The van der Waals surface area contributed by atoms with Gasteiger partial charge in [-0.25, -0.2) is 0 Å². The van der Waals surface area contributed by atoms with E-state index in [-0.39, 0.29) is 40.9 Å². The Morgan fingerprint density at radius 1 is 1.35 bits per heavy atom. The zero-order chi connectivity index (χ0) is 16.7. The number of rotatable bonds is 5. The Kier molecular flexibility index (Phi) is 6.10. The fraction of sp³-hybridized carbons (Fsp3) is 0.688. The second kappa shape index (κ2) is 6.95. The first-order valence-corrected chi connectivity index (χ1v) is 7.50. The molecule has 1 aromatic heterocycles. The quantitative estimate of drug-likeness (QED) is 0.610. The largest absolute Gasteiger partial charge is 1.00 e. The van der Waals surface area contributed by atoms with Crippen LogP contribution in [0.25, 0.3) is 0 Å². The maximum absolute atomic E-state index is 12.0. The van der Waals surface area contributed by atoms with Crippen molar-refractivity contribution in [2.45, 2.75) is 46.5 Å². The molecular weight excluding hydrogens is 307 g/mol. The minimum Gasteiger partial charge on any atom is -0.550 e. The van der Waals surface area contributed by atoms with Gasteiger partial charge in [-0.3, -0.25) is 4.79 Å². The number of hydrogen-bond acceptors (Lipinski definition) is 5. The number of amides is 1. The fourth-order valence-corrected chi connectivity index (χ4v) is 2.77. The molecule has 1 amide bonds. The number of carboxylic acids is 1. The summed E-state index contributed by atoms with van der Waals surface area (Å²) < 4.78 is 5.28. The molecule has 0 radical (unpaired) electrons. The van der Waals surface area contributed by atoms with Crippen molar-refractivity contribution in [1.29, 1.82) is 0 Å². The summed E-state index contributed by atoms with van der Waals surface area (Å²) >= 11 is 0. The molecule has 7 heteroatoms. The predicted octanol–water partition coefficient (Wildman–Crippen LogP) is -2.34. The van der Waals surface area contributed by atoms with Crippen LogP contribution in [0.2, 0.25) is 0 Å². The van der Waals surface area contributed by atoms with Crippen LogP contribution in [0.15, 0.2) is 10.6 Å². The first-order chi connectivity index (χ1) is 10.0. The van der Waals surface area contributed by atoms with E-state index in [0.717, 1.165) is 11.5 Å². The van der Waals surface area contributed by atoms with Gasteiger partial charge in [0.2, 0.25) is 5.91 Å². The monoisotopic (exact) mass is 330 g/mol. The average molecular weight is 330 g/mol. The summed E-state index contributed by atoms with van der Waals surface area (Å²) in [5.74, 6) is -1.81. The smallest absolute Gasteiger partial charge is 0.550 e.